The van der Waals surface area contributed by atoms with E-state index < -0.39 is 0 Å². The molecule has 0 saturated carbocycles. The highest BCUT2D eigenvalue weighted by molar-refractivity contribution is 6.32. The number of methoxy groups -OCH3 is 1. The minimum absolute atomic E-state index is 0.0583. The first kappa shape index (κ1) is 27.4. The van der Waals surface area contributed by atoms with Crippen LogP contribution in [-0.4, -0.2) is 70.5 Å². The molecule has 206 valence electrons. The molecule has 0 unspecified atom stereocenters. The molecule has 0 atom stereocenters. The molecule has 7 nitrogen and oxygen atoms in total. The van der Waals surface area contributed by atoms with Crippen LogP contribution >= 0.6 is 11.6 Å². The van der Waals surface area contributed by atoms with Crippen molar-refractivity contribution < 1.29 is 9.53 Å². The van der Waals surface area contributed by atoms with Crippen molar-refractivity contribution in [3.05, 3.63) is 76.8 Å². The number of likely N-dealkylation sites (tertiary alicyclic amines) is 2. The Hall–Kier alpha value is -3.16. The van der Waals surface area contributed by atoms with E-state index >= 15 is 0 Å². The topological polar surface area (TPSA) is 61.8 Å². The van der Waals surface area contributed by atoms with Gasteiger partial charge in [0.2, 0.25) is 0 Å². The first-order valence-corrected chi connectivity index (χ1v) is 14.2. The summed E-state index contributed by atoms with van der Waals surface area (Å²) >= 11 is 6.54. The summed E-state index contributed by atoms with van der Waals surface area (Å²) in [7, 11) is 1.64. The van der Waals surface area contributed by atoms with Crippen molar-refractivity contribution in [2.45, 2.75) is 58.0 Å². The summed E-state index contributed by atoms with van der Waals surface area (Å²) < 4.78 is 5.39. The van der Waals surface area contributed by atoms with Crippen molar-refractivity contribution in [3.63, 3.8) is 0 Å². The van der Waals surface area contributed by atoms with Gasteiger partial charge in [-0.05, 0) is 76.8 Å². The maximum absolute atomic E-state index is 13.3. The zero-order valence-corrected chi connectivity index (χ0v) is 24.1. The summed E-state index contributed by atoms with van der Waals surface area (Å²) in [5.41, 5.74) is 4.50. The van der Waals surface area contributed by atoms with E-state index in [0.717, 1.165) is 68.9 Å². The molecule has 2 aliphatic heterocycles. The summed E-state index contributed by atoms with van der Waals surface area (Å²) in [5.74, 6) is 0.745. The molecule has 0 bridgehead atoms. The second-order valence-corrected chi connectivity index (χ2v) is 11.4. The normalized spacial score (nSPS) is 18.1. The minimum atomic E-state index is 0.0583. The van der Waals surface area contributed by atoms with E-state index in [9.17, 15) is 4.79 Å². The maximum atomic E-state index is 13.3. The lowest BCUT2D eigenvalue weighted by molar-refractivity contribution is 0.0176. The van der Waals surface area contributed by atoms with Gasteiger partial charge in [0.1, 0.15) is 12.1 Å². The molecule has 39 heavy (non-hydrogen) atoms. The largest absolute Gasteiger partial charge is 0.495 e. The van der Waals surface area contributed by atoms with Crippen LogP contribution in [0.2, 0.25) is 5.02 Å². The highest BCUT2D eigenvalue weighted by Gasteiger charge is 2.40. The van der Waals surface area contributed by atoms with E-state index in [-0.39, 0.29) is 11.4 Å². The number of piperidine rings is 2. The lowest BCUT2D eigenvalue weighted by Gasteiger charge is -2.50. The molecule has 0 radical (unpaired) electrons. The number of aryl methyl sites for hydroxylation is 2. The molecule has 8 heteroatoms. The lowest BCUT2D eigenvalue weighted by Crippen LogP contribution is -2.58. The van der Waals surface area contributed by atoms with Gasteiger partial charge in [0, 0.05) is 49.1 Å². The molecule has 2 fully saturated rings. The summed E-state index contributed by atoms with van der Waals surface area (Å²) in [5, 5.41) is 0.620. The first-order valence-electron chi connectivity index (χ1n) is 13.8. The number of carbonyl (C=O) groups excluding carboxylic acids is 1. The Kier molecular flexibility index (Phi) is 8.10. The number of nitrogens with zero attached hydrogens (tertiary/aromatic N) is 5. The fourth-order valence-corrected chi connectivity index (χ4v) is 6.45. The molecule has 2 aromatic carbocycles. The van der Waals surface area contributed by atoms with Gasteiger partial charge in [-0.25, -0.2) is 9.97 Å². The second kappa shape index (κ2) is 11.5. The molecule has 5 rings (SSSR count). The number of para-hydroxylation sites is 1. The van der Waals surface area contributed by atoms with E-state index in [1.807, 2.05) is 30.9 Å². The quantitative estimate of drug-likeness (QED) is 0.374. The number of halogens is 1. The van der Waals surface area contributed by atoms with Gasteiger partial charge < -0.3 is 14.5 Å². The van der Waals surface area contributed by atoms with Gasteiger partial charge in [-0.2, -0.15) is 0 Å². The number of hydrogen-bond acceptors (Lipinski definition) is 6. The highest BCUT2D eigenvalue weighted by Crippen LogP contribution is 2.38. The molecular formula is C31H38ClN5O2. The van der Waals surface area contributed by atoms with Crippen LogP contribution in [0.3, 0.4) is 0 Å². The zero-order chi connectivity index (χ0) is 27.6. The Morgan fingerprint density at radius 1 is 0.974 bits per heavy atom. The van der Waals surface area contributed by atoms with Gasteiger partial charge >= 0.3 is 0 Å². The zero-order valence-electron chi connectivity index (χ0n) is 23.4. The summed E-state index contributed by atoms with van der Waals surface area (Å²) in [6.45, 7) is 9.69. The average molecular weight is 548 g/mol. The maximum Gasteiger partial charge on any atom is 0.257 e. The Bertz CT molecular complexity index is 1280. The number of hydrogen-bond donors (Lipinski definition) is 0. The average Bonchev–Trinajstić information content (AvgIpc) is 2.94. The van der Waals surface area contributed by atoms with E-state index in [4.69, 9.17) is 16.3 Å². The van der Waals surface area contributed by atoms with Crippen molar-refractivity contribution in [2.75, 3.05) is 38.2 Å². The Labute approximate surface area is 236 Å². The number of aromatic nitrogens is 2. The van der Waals surface area contributed by atoms with Gasteiger partial charge in [-0.1, -0.05) is 29.8 Å². The van der Waals surface area contributed by atoms with Crippen LogP contribution in [0.4, 0.5) is 11.4 Å². The number of amides is 1. The fraction of sp³-hybridized carbons (Fsp3) is 0.452. The van der Waals surface area contributed by atoms with Gasteiger partial charge in [0.15, 0.2) is 0 Å². The van der Waals surface area contributed by atoms with Crippen molar-refractivity contribution in [1.29, 1.82) is 0 Å². The summed E-state index contributed by atoms with van der Waals surface area (Å²) in [6.07, 6.45) is 5.56. The van der Waals surface area contributed by atoms with Crippen molar-refractivity contribution in [3.8, 4) is 5.75 Å². The molecule has 0 N–H and O–H groups in total. The van der Waals surface area contributed by atoms with E-state index in [2.05, 4.69) is 63.1 Å². The molecule has 1 amide bonds. The molecule has 0 aliphatic carbocycles. The molecule has 2 saturated heterocycles. The number of benzene rings is 2. The Morgan fingerprint density at radius 2 is 1.62 bits per heavy atom. The third-order valence-corrected chi connectivity index (χ3v) is 8.90. The van der Waals surface area contributed by atoms with Crippen LogP contribution in [0.25, 0.3) is 0 Å². The van der Waals surface area contributed by atoms with Crippen LogP contribution in [0.5, 0.6) is 5.75 Å². The Balaban J connectivity index is 1.26. The second-order valence-electron chi connectivity index (χ2n) is 11.0. The van der Waals surface area contributed by atoms with Crippen LogP contribution in [0.1, 0.15) is 54.4 Å². The smallest absolute Gasteiger partial charge is 0.257 e. The van der Waals surface area contributed by atoms with E-state index in [1.165, 1.54) is 12.0 Å². The lowest BCUT2D eigenvalue weighted by atomic mass is 9.85. The predicted octanol–water partition coefficient (Wildman–Crippen LogP) is 6.05. The molecular weight excluding hydrogens is 510 g/mol. The predicted molar refractivity (Wildman–Crippen MR) is 156 cm³/mol. The number of ether oxygens (including phenoxy) is 1. The molecule has 2 aliphatic rings. The van der Waals surface area contributed by atoms with E-state index in [0.29, 0.717) is 22.4 Å². The number of anilines is 2. The minimum Gasteiger partial charge on any atom is -0.495 e. The van der Waals surface area contributed by atoms with Crippen molar-refractivity contribution in [2.24, 2.45) is 0 Å². The Morgan fingerprint density at radius 3 is 2.21 bits per heavy atom. The van der Waals surface area contributed by atoms with E-state index in [1.54, 1.807) is 7.11 Å². The molecule has 1 aromatic heterocycles. The van der Waals surface area contributed by atoms with Crippen LogP contribution in [-0.2, 0) is 0 Å². The number of carbonyl (C=O) groups is 1. The van der Waals surface area contributed by atoms with Gasteiger partial charge in [-0.3, -0.25) is 9.69 Å². The molecule has 0 spiro atoms. The summed E-state index contributed by atoms with van der Waals surface area (Å²) in [4.78, 5) is 28.9. The summed E-state index contributed by atoms with van der Waals surface area (Å²) in [6, 6.07) is 17.0. The van der Waals surface area contributed by atoms with Crippen LogP contribution < -0.4 is 9.64 Å². The standard InChI is InChI=1S/C31H38ClN5O2/c1-22-29(23(2)34-21-33-22)30(38)35-18-14-31(3,15-19-35)36-16-12-25(13-17-36)37(24-8-6-5-7-9-24)26-10-11-28(39-4)27(32)20-26/h5-11,20-21,25H,12-19H2,1-4H3. The van der Waals surface area contributed by atoms with Gasteiger partial charge in [0.05, 0.1) is 29.1 Å². The van der Waals surface area contributed by atoms with Crippen molar-refractivity contribution >= 4 is 28.9 Å². The van der Waals surface area contributed by atoms with Crippen LogP contribution in [0, 0.1) is 13.8 Å². The van der Waals surface area contributed by atoms with Gasteiger partial charge in [0.25, 0.3) is 5.91 Å². The SMILES string of the molecule is COc1ccc(N(c2ccccc2)C2CCN(C3(C)CCN(C(=O)c4c(C)ncnc4C)CC3)CC2)cc1Cl. The molecule has 3 aromatic rings. The monoisotopic (exact) mass is 547 g/mol. The fourth-order valence-electron chi connectivity index (χ4n) is 6.20. The third kappa shape index (κ3) is 5.61. The third-order valence-electron chi connectivity index (χ3n) is 8.61. The van der Waals surface area contributed by atoms with Crippen molar-refractivity contribution in [1.82, 2.24) is 19.8 Å². The first-order chi connectivity index (χ1) is 18.8. The number of rotatable bonds is 6. The van der Waals surface area contributed by atoms with Gasteiger partial charge in [-0.15, -0.1) is 0 Å². The molecule has 3 heterocycles. The van der Waals surface area contributed by atoms with Crippen LogP contribution in [0.15, 0.2) is 54.9 Å². The highest BCUT2D eigenvalue weighted by atomic mass is 35.5.